The second-order valence-corrected chi connectivity index (χ2v) is 4.16. The third-order valence-corrected chi connectivity index (χ3v) is 2.99. The van der Waals surface area contributed by atoms with Crippen LogP contribution in [-0.4, -0.2) is 13.1 Å². The average molecular weight is 175 g/mol. The minimum atomic E-state index is 0.722. The summed E-state index contributed by atoms with van der Waals surface area (Å²) in [5.74, 6) is 1.50. The molecule has 0 radical (unpaired) electrons. The highest BCUT2D eigenvalue weighted by Gasteiger charge is 2.24. The number of hydrogen-bond acceptors (Lipinski definition) is 1. The molecule has 1 fully saturated rings. The molecule has 1 aromatic rings. The Bertz CT molecular complexity index is 293. The molecule has 1 N–H and O–H groups in total. The highest BCUT2D eigenvalue weighted by atomic mass is 14.9. The zero-order chi connectivity index (χ0) is 9.26. The Balaban J connectivity index is 2.24. The van der Waals surface area contributed by atoms with Gasteiger partial charge in [-0.05, 0) is 24.9 Å². The van der Waals surface area contributed by atoms with E-state index in [9.17, 15) is 0 Å². The van der Waals surface area contributed by atoms with Crippen LogP contribution in [0.1, 0.15) is 24.0 Å². The molecule has 0 amide bonds. The van der Waals surface area contributed by atoms with Crippen LogP contribution >= 0.6 is 0 Å². The fraction of sp³-hybridized carbons (Fsp3) is 0.500. The highest BCUT2D eigenvalue weighted by Crippen LogP contribution is 2.27. The van der Waals surface area contributed by atoms with Gasteiger partial charge in [-0.2, -0.15) is 0 Å². The maximum Gasteiger partial charge on any atom is 0.00233 e. The van der Waals surface area contributed by atoms with Crippen LogP contribution in [0.25, 0.3) is 0 Å². The zero-order valence-electron chi connectivity index (χ0n) is 8.38. The summed E-state index contributed by atoms with van der Waals surface area (Å²) in [6, 6.07) is 8.89. The monoisotopic (exact) mass is 175 g/mol. The van der Waals surface area contributed by atoms with E-state index in [2.05, 4.69) is 43.4 Å². The van der Waals surface area contributed by atoms with Crippen molar-refractivity contribution in [3.05, 3.63) is 35.4 Å². The Morgan fingerprint density at radius 1 is 1.31 bits per heavy atom. The van der Waals surface area contributed by atoms with E-state index in [4.69, 9.17) is 0 Å². The zero-order valence-corrected chi connectivity index (χ0v) is 8.38. The van der Waals surface area contributed by atoms with Crippen LogP contribution in [0.3, 0.4) is 0 Å². The highest BCUT2D eigenvalue weighted by molar-refractivity contribution is 5.27. The average Bonchev–Trinajstić information content (AvgIpc) is 2.51. The number of benzene rings is 1. The van der Waals surface area contributed by atoms with E-state index < -0.39 is 0 Å². The van der Waals surface area contributed by atoms with Crippen molar-refractivity contribution in [2.75, 3.05) is 13.1 Å². The first-order valence-electron chi connectivity index (χ1n) is 5.04. The molecular formula is C12H17N. The summed E-state index contributed by atoms with van der Waals surface area (Å²) in [6.07, 6.45) is 0. The van der Waals surface area contributed by atoms with E-state index in [-0.39, 0.29) is 0 Å². The lowest BCUT2D eigenvalue weighted by molar-refractivity contribution is 0.572. The number of hydrogen-bond donors (Lipinski definition) is 1. The van der Waals surface area contributed by atoms with Crippen molar-refractivity contribution < 1.29 is 0 Å². The third-order valence-electron chi connectivity index (χ3n) is 2.99. The smallest absolute Gasteiger partial charge is 0.00233 e. The summed E-state index contributed by atoms with van der Waals surface area (Å²) in [5, 5.41) is 3.44. The van der Waals surface area contributed by atoms with E-state index in [1.54, 1.807) is 0 Å². The second-order valence-electron chi connectivity index (χ2n) is 4.16. The van der Waals surface area contributed by atoms with Crippen LogP contribution in [0.5, 0.6) is 0 Å². The normalized spacial score (nSPS) is 27.8. The van der Waals surface area contributed by atoms with Crippen molar-refractivity contribution in [1.82, 2.24) is 5.32 Å². The van der Waals surface area contributed by atoms with Crippen molar-refractivity contribution in [2.24, 2.45) is 5.92 Å². The van der Waals surface area contributed by atoms with Crippen molar-refractivity contribution in [3.63, 3.8) is 0 Å². The van der Waals surface area contributed by atoms with Gasteiger partial charge in [0.05, 0.1) is 0 Å². The van der Waals surface area contributed by atoms with Crippen molar-refractivity contribution in [1.29, 1.82) is 0 Å². The largest absolute Gasteiger partial charge is 0.316 e. The molecule has 1 aliphatic rings. The number of nitrogens with one attached hydrogen (secondary N) is 1. The lowest BCUT2D eigenvalue weighted by Crippen LogP contribution is -2.08. The summed E-state index contributed by atoms with van der Waals surface area (Å²) in [6.45, 7) is 6.80. The van der Waals surface area contributed by atoms with Crippen LogP contribution in [0.15, 0.2) is 24.3 Å². The van der Waals surface area contributed by atoms with E-state index in [0.29, 0.717) is 0 Å². The van der Waals surface area contributed by atoms with Gasteiger partial charge < -0.3 is 5.32 Å². The summed E-state index contributed by atoms with van der Waals surface area (Å²) < 4.78 is 0. The number of aryl methyl sites for hydroxylation is 1. The van der Waals surface area contributed by atoms with Gasteiger partial charge in [-0.3, -0.25) is 0 Å². The van der Waals surface area contributed by atoms with Gasteiger partial charge in [0.1, 0.15) is 0 Å². The Kier molecular flexibility index (Phi) is 2.36. The summed E-state index contributed by atoms with van der Waals surface area (Å²) in [7, 11) is 0. The molecule has 1 heteroatoms. The molecule has 0 unspecified atom stereocenters. The molecule has 1 heterocycles. The van der Waals surface area contributed by atoms with Crippen molar-refractivity contribution in [2.45, 2.75) is 19.8 Å². The van der Waals surface area contributed by atoms with E-state index in [1.807, 2.05) is 0 Å². The van der Waals surface area contributed by atoms with Gasteiger partial charge in [0.25, 0.3) is 0 Å². The molecule has 13 heavy (non-hydrogen) atoms. The molecule has 2 atom stereocenters. The van der Waals surface area contributed by atoms with E-state index in [0.717, 1.165) is 18.4 Å². The van der Waals surface area contributed by atoms with Gasteiger partial charge in [0.15, 0.2) is 0 Å². The fourth-order valence-electron chi connectivity index (χ4n) is 2.16. The molecule has 0 aromatic heterocycles. The van der Waals surface area contributed by atoms with E-state index >= 15 is 0 Å². The van der Waals surface area contributed by atoms with Crippen molar-refractivity contribution >= 4 is 0 Å². The van der Waals surface area contributed by atoms with Crippen LogP contribution in [0.2, 0.25) is 0 Å². The predicted octanol–water partition coefficient (Wildman–Crippen LogP) is 2.32. The Hall–Kier alpha value is -0.820. The van der Waals surface area contributed by atoms with Gasteiger partial charge in [-0.15, -0.1) is 0 Å². The second kappa shape index (κ2) is 3.51. The first-order valence-corrected chi connectivity index (χ1v) is 5.04. The van der Waals surface area contributed by atoms with Gasteiger partial charge >= 0.3 is 0 Å². The molecule has 0 spiro atoms. The molecule has 1 aliphatic heterocycles. The fourth-order valence-corrected chi connectivity index (χ4v) is 2.16. The topological polar surface area (TPSA) is 12.0 Å². The van der Waals surface area contributed by atoms with Crippen LogP contribution in [0.4, 0.5) is 0 Å². The standard InChI is InChI=1S/C12H17N/c1-9-4-3-5-11(6-9)12-8-13-7-10(12)2/h3-6,10,12-13H,7-8H2,1-2H3/t10-,12-/m1/s1. The Morgan fingerprint density at radius 2 is 2.15 bits per heavy atom. The first kappa shape index (κ1) is 8.76. The molecule has 0 aliphatic carbocycles. The minimum absolute atomic E-state index is 0.722. The van der Waals surface area contributed by atoms with Crippen molar-refractivity contribution in [3.8, 4) is 0 Å². The predicted molar refractivity (Wildman–Crippen MR) is 56.0 cm³/mol. The summed E-state index contributed by atoms with van der Waals surface area (Å²) in [5.41, 5.74) is 2.87. The van der Waals surface area contributed by atoms with Crippen LogP contribution in [-0.2, 0) is 0 Å². The first-order chi connectivity index (χ1) is 6.27. The Labute approximate surface area is 80.2 Å². The molecular weight excluding hydrogens is 158 g/mol. The van der Waals surface area contributed by atoms with Crippen LogP contribution in [0, 0.1) is 12.8 Å². The maximum absolute atomic E-state index is 3.44. The number of rotatable bonds is 1. The molecule has 1 saturated heterocycles. The molecule has 70 valence electrons. The molecule has 1 nitrogen and oxygen atoms in total. The SMILES string of the molecule is Cc1cccc([C@@H]2CNC[C@H]2C)c1. The van der Waals surface area contributed by atoms with Gasteiger partial charge in [-0.25, -0.2) is 0 Å². The molecule has 0 bridgehead atoms. The molecule has 2 rings (SSSR count). The van der Waals surface area contributed by atoms with E-state index in [1.165, 1.54) is 17.7 Å². The lowest BCUT2D eigenvalue weighted by Gasteiger charge is -2.14. The minimum Gasteiger partial charge on any atom is -0.316 e. The Morgan fingerprint density at radius 3 is 2.77 bits per heavy atom. The van der Waals surface area contributed by atoms with Gasteiger partial charge in [0, 0.05) is 12.5 Å². The van der Waals surface area contributed by atoms with Crippen LogP contribution < -0.4 is 5.32 Å². The summed E-state index contributed by atoms with van der Waals surface area (Å²) in [4.78, 5) is 0. The molecule has 1 aromatic carbocycles. The lowest BCUT2D eigenvalue weighted by atomic mass is 9.90. The quantitative estimate of drug-likeness (QED) is 0.690. The third kappa shape index (κ3) is 1.75. The maximum atomic E-state index is 3.44. The van der Waals surface area contributed by atoms with Gasteiger partial charge in [0.2, 0.25) is 0 Å². The van der Waals surface area contributed by atoms with Gasteiger partial charge in [-0.1, -0.05) is 36.8 Å². The summed E-state index contributed by atoms with van der Waals surface area (Å²) >= 11 is 0. The molecule has 0 saturated carbocycles.